The summed E-state index contributed by atoms with van der Waals surface area (Å²) < 4.78 is 72.2. The lowest BCUT2D eigenvalue weighted by Gasteiger charge is -2.33. The number of rotatable bonds is 4. The molecule has 0 aliphatic carbocycles. The van der Waals surface area contributed by atoms with E-state index >= 15 is 0 Å². The average molecular weight is 499 g/mol. The Kier molecular flexibility index (Phi) is 5.47. The van der Waals surface area contributed by atoms with Crippen molar-refractivity contribution in [3.05, 3.63) is 95.6 Å². The van der Waals surface area contributed by atoms with E-state index in [-0.39, 0.29) is 28.2 Å². The number of carbonyl (C=O) groups excluding carboxylic acids is 1. The smallest absolute Gasteiger partial charge is 0.322 e. The molecule has 0 N–H and O–H groups in total. The number of halogens is 3. The van der Waals surface area contributed by atoms with Crippen molar-refractivity contribution >= 4 is 32.7 Å². The molecule has 1 aliphatic rings. The second kappa shape index (κ2) is 8.27. The molecular weight excluding hydrogens is 477 g/mol. The number of sulfonamides is 1. The molecule has 0 bridgehead atoms. The van der Waals surface area contributed by atoms with Gasteiger partial charge in [-0.1, -0.05) is 66.2 Å². The number of anilines is 1. The Morgan fingerprint density at radius 1 is 0.914 bits per heavy atom. The van der Waals surface area contributed by atoms with Crippen LogP contribution in [0.15, 0.2) is 83.8 Å². The molecule has 1 atom stereocenters. The van der Waals surface area contributed by atoms with Crippen molar-refractivity contribution in [3.63, 3.8) is 0 Å². The van der Waals surface area contributed by atoms with Gasteiger partial charge in [0.25, 0.3) is 10.0 Å². The Hall–Kier alpha value is -3.59. The monoisotopic (exact) mass is 498 g/mol. The first-order chi connectivity index (χ1) is 16.6. The van der Waals surface area contributed by atoms with Crippen molar-refractivity contribution in [1.82, 2.24) is 4.57 Å². The van der Waals surface area contributed by atoms with Crippen LogP contribution in [-0.2, 0) is 21.4 Å². The van der Waals surface area contributed by atoms with Gasteiger partial charge in [0.2, 0.25) is 5.91 Å². The van der Waals surface area contributed by atoms with Gasteiger partial charge in [0.1, 0.15) is 5.82 Å². The molecule has 0 saturated carbocycles. The van der Waals surface area contributed by atoms with Crippen LogP contribution in [0.25, 0.3) is 10.9 Å². The summed E-state index contributed by atoms with van der Waals surface area (Å²) >= 11 is 0. The van der Waals surface area contributed by atoms with Crippen LogP contribution in [0.2, 0.25) is 0 Å². The SMILES string of the molecule is Cc1ccc(S(=O)(=O)N2C(=O)C[C@H](C(F)(F)F)c3c2n(Cc2ccccc2)c2ccccc32)cc1. The Morgan fingerprint density at radius 3 is 2.20 bits per heavy atom. The van der Waals surface area contributed by atoms with Crippen LogP contribution in [0.3, 0.4) is 0 Å². The lowest BCUT2D eigenvalue weighted by Crippen LogP contribution is -2.44. The van der Waals surface area contributed by atoms with Gasteiger partial charge >= 0.3 is 6.18 Å². The van der Waals surface area contributed by atoms with Gasteiger partial charge in [0, 0.05) is 23.9 Å². The van der Waals surface area contributed by atoms with Gasteiger partial charge in [-0.2, -0.15) is 17.5 Å². The minimum absolute atomic E-state index is 0.0917. The highest BCUT2D eigenvalue weighted by atomic mass is 32.2. The zero-order chi connectivity index (χ0) is 25.0. The molecule has 180 valence electrons. The van der Waals surface area contributed by atoms with E-state index in [0.29, 0.717) is 9.82 Å². The summed E-state index contributed by atoms with van der Waals surface area (Å²) in [6.45, 7) is 1.88. The number of hydrogen-bond acceptors (Lipinski definition) is 3. The second-order valence-electron chi connectivity index (χ2n) is 8.60. The summed E-state index contributed by atoms with van der Waals surface area (Å²) in [5.74, 6) is -3.48. The third kappa shape index (κ3) is 3.89. The zero-order valence-corrected chi connectivity index (χ0v) is 19.5. The van der Waals surface area contributed by atoms with E-state index in [9.17, 15) is 26.4 Å². The van der Waals surface area contributed by atoms with E-state index in [1.807, 2.05) is 6.07 Å². The second-order valence-corrected chi connectivity index (χ2v) is 10.4. The maximum absolute atomic E-state index is 14.2. The molecule has 35 heavy (non-hydrogen) atoms. The summed E-state index contributed by atoms with van der Waals surface area (Å²) in [5.41, 5.74) is 1.80. The van der Waals surface area contributed by atoms with E-state index in [4.69, 9.17) is 0 Å². The molecule has 1 amide bonds. The number of carbonyl (C=O) groups is 1. The minimum atomic E-state index is -4.73. The maximum Gasteiger partial charge on any atom is 0.396 e. The molecule has 0 radical (unpaired) electrons. The zero-order valence-electron chi connectivity index (χ0n) is 18.7. The Balaban J connectivity index is 1.83. The van der Waals surface area contributed by atoms with E-state index < -0.39 is 34.4 Å². The molecule has 1 aromatic heterocycles. The van der Waals surface area contributed by atoms with Crippen molar-refractivity contribution in [2.75, 3.05) is 4.31 Å². The quantitative estimate of drug-likeness (QED) is 0.359. The van der Waals surface area contributed by atoms with Crippen molar-refractivity contribution in [2.24, 2.45) is 0 Å². The third-order valence-corrected chi connectivity index (χ3v) is 7.99. The fourth-order valence-corrected chi connectivity index (χ4v) is 6.08. The van der Waals surface area contributed by atoms with Crippen LogP contribution in [0.4, 0.5) is 19.0 Å². The summed E-state index contributed by atoms with van der Waals surface area (Å²) in [4.78, 5) is 13.1. The van der Waals surface area contributed by atoms with E-state index in [1.165, 1.54) is 16.7 Å². The number of alkyl halides is 3. The van der Waals surface area contributed by atoms with Gasteiger partial charge < -0.3 is 4.57 Å². The maximum atomic E-state index is 14.2. The molecule has 4 aromatic rings. The number of nitrogens with zero attached hydrogens (tertiary/aromatic N) is 2. The van der Waals surface area contributed by atoms with Gasteiger partial charge in [-0.05, 0) is 30.7 Å². The molecule has 0 spiro atoms. The van der Waals surface area contributed by atoms with Crippen LogP contribution in [0.5, 0.6) is 0 Å². The first-order valence-corrected chi connectivity index (χ1v) is 12.4. The normalized spacial score (nSPS) is 16.5. The number of amides is 1. The third-order valence-electron chi connectivity index (χ3n) is 6.27. The average Bonchev–Trinajstić information content (AvgIpc) is 3.12. The van der Waals surface area contributed by atoms with Crippen molar-refractivity contribution in [3.8, 4) is 0 Å². The van der Waals surface area contributed by atoms with E-state index in [1.54, 1.807) is 67.6 Å². The molecule has 3 aromatic carbocycles. The molecule has 5 rings (SSSR count). The topological polar surface area (TPSA) is 59.4 Å². The lowest BCUT2D eigenvalue weighted by atomic mass is 9.91. The first kappa shape index (κ1) is 23.2. The van der Waals surface area contributed by atoms with E-state index in [2.05, 4.69) is 0 Å². The predicted octanol–water partition coefficient (Wildman–Crippen LogP) is 5.77. The fourth-order valence-electron chi connectivity index (χ4n) is 4.63. The van der Waals surface area contributed by atoms with Crippen LogP contribution >= 0.6 is 0 Å². The van der Waals surface area contributed by atoms with Gasteiger partial charge in [-0.3, -0.25) is 4.79 Å². The van der Waals surface area contributed by atoms with Crippen LogP contribution in [-0.4, -0.2) is 25.1 Å². The molecule has 9 heteroatoms. The van der Waals surface area contributed by atoms with Gasteiger partial charge in [-0.15, -0.1) is 0 Å². The Morgan fingerprint density at radius 2 is 1.54 bits per heavy atom. The lowest BCUT2D eigenvalue weighted by molar-refractivity contribution is -0.157. The van der Waals surface area contributed by atoms with Gasteiger partial charge in [-0.25, -0.2) is 8.42 Å². The molecule has 0 unspecified atom stereocenters. The summed E-state index contributed by atoms with van der Waals surface area (Å²) in [5, 5.41) is 0.275. The molecule has 2 heterocycles. The molecule has 0 fully saturated rings. The molecule has 0 saturated heterocycles. The van der Waals surface area contributed by atoms with Gasteiger partial charge in [0.15, 0.2) is 0 Å². The predicted molar refractivity (Wildman–Crippen MR) is 127 cm³/mol. The number of aromatic nitrogens is 1. The van der Waals surface area contributed by atoms with Crippen LogP contribution in [0, 0.1) is 6.92 Å². The number of benzene rings is 3. The first-order valence-electron chi connectivity index (χ1n) is 11.0. The van der Waals surface area contributed by atoms with Crippen molar-refractivity contribution in [2.45, 2.75) is 36.9 Å². The summed E-state index contributed by atoms with van der Waals surface area (Å²) in [6, 6.07) is 21.3. The summed E-state index contributed by atoms with van der Waals surface area (Å²) in [7, 11) is -4.48. The molecular formula is C26H21F3N2O3S. The number of aryl methyl sites for hydroxylation is 1. The highest BCUT2D eigenvalue weighted by molar-refractivity contribution is 7.93. The Bertz CT molecular complexity index is 1530. The van der Waals surface area contributed by atoms with Gasteiger partial charge in [0.05, 0.1) is 16.3 Å². The number of fused-ring (bicyclic) bond motifs is 3. The Labute approximate surface area is 200 Å². The van der Waals surface area contributed by atoms with Crippen molar-refractivity contribution < 1.29 is 26.4 Å². The van der Waals surface area contributed by atoms with E-state index in [0.717, 1.165) is 11.1 Å². The number of hydrogen-bond donors (Lipinski definition) is 0. The van der Waals surface area contributed by atoms with Crippen molar-refractivity contribution in [1.29, 1.82) is 0 Å². The van der Waals surface area contributed by atoms with Crippen LogP contribution < -0.4 is 4.31 Å². The van der Waals surface area contributed by atoms with Crippen LogP contribution in [0.1, 0.15) is 29.0 Å². The highest BCUT2D eigenvalue weighted by Gasteiger charge is 2.52. The standard InChI is InChI=1S/C26H21F3N2O3S/c1-17-11-13-19(14-12-17)35(33,34)31-23(32)15-21(26(27,28)29)24-20-9-5-6-10-22(20)30(25(24)31)16-18-7-3-2-4-8-18/h2-14,21H,15-16H2,1H3/t21-/m0/s1. The highest BCUT2D eigenvalue weighted by Crippen LogP contribution is 2.51. The number of para-hydroxylation sites is 1. The minimum Gasteiger partial charge on any atom is -0.322 e. The fraction of sp³-hybridized carbons (Fsp3) is 0.192. The largest absolute Gasteiger partial charge is 0.396 e. The molecule has 5 nitrogen and oxygen atoms in total. The summed E-state index contributed by atoms with van der Waals surface area (Å²) in [6.07, 6.45) is -5.72. The molecule has 1 aliphatic heterocycles.